The molecule has 0 aromatic carbocycles. The summed E-state index contributed by atoms with van der Waals surface area (Å²) < 4.78 is 30.4. The lowest BCUT2D eigenvalue weighted by Crippen LogP contribution is -2.49. The SMILES string of the molecule is CCOC(=O)NS(=O)(=O)N(CC(=O)O)C(C)CC. The molecule has 1 unspecified atom stereocenters. The molecule has 0 radical (unpaired) electrons. The van der Waals surface area contributed by atoms with Crippen molar-refractivity contribution in [3.8, 4) is 0 Å². The number of aliphatic carboxylic acids is 1. The van der Waals surface area contributed by atoms with E-state index >= 15 is 0 Å². The fraction of sp³-hybridized carbons (Fsp3) is 0.778. The van der Waals surface area contributed by atoms with Gasteiger partial charge in [-0.3, -0.25) is 4.79 Å². The summed E-state index contributed by atoms with van der Waals surface area (Å²) in [4.78, 5) is 21.7. The number of carbonyl (C=O) groups is 2. The van der Waals surface area contributed by atoms with Crippen molar-refractivity contribution in [2.24, 2.45) is 0 Å². The quantitative estimate of drug-likeness (QED) is 0.687. The summed E-state index contributed by atoms with van der Waals surface area (Å²) >= 11 is 0. The number of hydrogen-bond donors (Lipinski definition) is 2. The number of carbonyl (C=O) groups excluding carboxylic acids is 1. The molecule has 0 aliphatic rings. The summed E-state index contributed by atoms with van der Waals surface area (Å²) in [6.07, 6.45) is -0.715. The van der Waals surface area contributed by atoms with Crippen LogP contribution in [0.3, 0.4) is 0 Å². The van der Waals surface area contributed by atoms with Gasteiger partial charge in [0.1, 0.15) is 6.54 Å². The average Bonchev–Trinajstić information content (AvgIpc) is 2.24. The summed E-state index contributed by atoms with van der Waals surface area (Å²) in [5.74, 6) is -1.30. The molecule has 0 aromatic rings. The largest absolute Gasteiger partial charge is 0.480 e. The van der Waals surface area contributed by atoms with Gasteiger partial charge in [-0.1, -0.05) is 6.92 Å². The van der Waals surface area contributed by atoms with Crippen LogP contribution < -0.4 is 4.72 Å². The fourth-order valence-electron chi connectivity index (χ4n) is 1.14. The Morgan fingerprint density at radius 2 is 1.94 bits per heavy atom. The van der Waals surface area contributed by atoms with Crippen molar-refractivity contribution < 1.29 is 27.9 Å². The molecule has 0 heterocycles. The van der Waals surface area contributed by atoms with E-state index in [4.69, 9.17) is 5.11 Å². The van der Waals surface area contributed by atoms with Crippen molar-refractivity contribution in [1.82, 2.24) is 9.03 Å². The van der Waals surface area contributed by atoms with Crippen LogP contribution in [0.4, 0.5) is 4.79 Å². The summed E-state index contributed by atoms with van der Waals surface area (Å²) in [5.41, 5.74) is 0. The van der Waals surface area contributed by atoms with Gasteiger partial charge in [0.2, 0.25) is 0 Å². The van der Waals surface area contributed by atoms with Crippen molar-refractivity contribution in [3.63, 3.8) is 0 Å². The molecule has 18 heavy (non-hydrogen) atoms. The first-order chi connectivity index (χ1) is 8.24. The second-order valence-corrected chi connectivity index (χ2v) is 5.15. The Morgan fingerprint density at radius 3 is 2.33 bits per heavy atom. The Balaban J connectivity index is 4.96. The second-order valence-electron chi connectivity index (χ2n) is 3.52. The molecule has 9 heteroatoms. The normalized spacial score (nSPS) is 13.1. The highest BCUT2D eigenvalue weighted by Crippen LogP contribution is 2.08. The third-order valence-electron chi connectivity index (χ3n) is 2.17. The van der Waals surface area contributed by atoms with Crippen molar-refractivity contribution in [1.29, 1.82) is 0 Å². The molecule has 0 rings (SSSR count). The van der Waals surface area contributed by atoms with E-state index in [0.717, 1.165) is 0 Å². The summed E-state index contributed by atoms with van der Waals surface area (Å²) in [6, 6.07) is -0.548. The van der Waals surface area contributed by atoms with Gasteiger partial charge in [-0.05, 0) is 20.3 Å². The van der Waals surface area contributed by atoms with E-state index in [2.05, 4.69) is 4.74 Å². The lowest BCUT2D eigenvalue weighted by atomic mass is 10.2. The highest BCUT2D eigenvalue weighted by molar-refractivity contribution is 7.87. The van der Waals surface area contributed by atoms with Gasteiger partial charge in [0.05, 0.1) is 6.61 Å². The Kier molecular flexibility index (Phi) is 6.63. The van der Waals surface area contributed by atoms with Crippen LogP contribution in [0.15, 0.2) is 0 Å². The van der Waals surface area contributed by atoms with Crippen LogP contribution in [0.1, 0.15) is 27.2 Å². The average molecular weight is 282 g/mol. The van der Waals surface area contributed by atoms with Crippen LogP contribution in [-0.4, -0.2) is 49.1 Å². The molecule has 106 valence electrons. The van der Waals surface area contributed by atoms with Gasteiger partial charge < -0.3 is 9.84 Å². The van der Waals surface area contributed by atoms with E-state index in [0.29, 0.717) is 10.7 Å². The van der Waals surface area contributed by atoms with E-state index < -0.39 is 34.9 Å². The van der Waals surface area contributed by atoms with Crippen LogP contribution in [0.5, 0.6) is 0 Å². The highest BCUT2D eigenvalue weighted by Gasteiger charge is 2.30. The maximum Gasteiger partial charge on any atom is 0.421 e. The number of rotatable bonds is 7. The summed E-state index contributed by atoms with van der Waals surface area (Å²) in [5, 5.41) is 8.68. The first-order valence-corrected chi connectivity index (χ1v) is 6.86. The molecule has 1 amide bonds. The first-order valence-electron chi connectivity index (χ1n) is 5.42. The highest BCUT2D eigenvalue weighted by atomic mass is 32.2. The number of carboxylic acids is 1. The van der Waals surface area contributed by atoms with E-state index in [-0.39, 0.29) is 6.61 Å². The zero-order valence-corrected chi connectivity index (χ0v) is 11.4. The standard InChI is InChI=1S/C9H18N2O6S/c1-4-7(3)11(6-8(12)13)18(15,16)10-9(14)17-5-2/h7H,4-6H2,1-3H3,(H,10,14)(H,12,13). The Bertz CT molecular complexity index is 394. The predicted molar refractivity (Wildman–Crippen MR) is 63.2 cm³/mol. The van der Waals surface area contributed by atoms with Crippen LogP contribution in [-0.2, 0) is 19.7 Å². The van der Waals surface area contributed by atoms with Gasteiger partial charge in [0.25, 0.3) is 0 Å². The van der Waals surface area contributed by atoms with Crippen LogP contribution in [0.25, 0.3) is 0 Å². The van der Waals surface area contributed by atoms with Gasteiger partial charge in [-0.25, -0.2) is 9.52 Å². The third kappa shape index (κ3) is 5.32. The van der Waals surface area contributed by atoms with Gasteiger partial charge in [0, 0.05) is 6.04 Å². The molecular formula is C9H18N2O6S. The lowest BCUT2D eigenvalue weighted by molar-refractivity contribution is -0.137. The smallest absolute Gasteiger partial charge is 0.421 e. The van der Waals surface area contributed by atoms with Crippen molar-refractivity contribution in [2.75, 3.05) is 13.2 Å². The fourth-order valence-corrected chi connectivity index (χ4v) is 2.43. The molecule has 0 aliphatic heterocycles. The topological polar surface area (TPSA) is 113 Å². The van der Waals surface area contributed by atoms with Gasteiger partial charge in [-0.15, -0.1) is 0 Å². The number of nitrogens with zero attached hydrogens (tertiary/aromatic N) is 1. The summed E-state index contributed by atoms with van der Waals surface area (Å²) in [7, 11) is -4.22. The summed E-state index contributed by atoms with van der Waals surface area (Å²) in [6.45, 7) is 4.08. The van der Waals surface area contributed by atoms with Crippen LogP contribution >= 0.6 is 0 Å². The molecule has 1 atom stereocenters. The maximum atomic E-state index is 11.8. The van der Waals surface area contributed by atoms with Gasteiger partial charge in [0.15, 0.2) is 0 Å². The number of carboxylic acid groups (broad SMARTS) is 1. The maximum absolute atomic E-state index is 11.8. The van der Waals surface area contributed by atoms with Crippen LogP contribution in [0.2, 0.25) is 0 Å². The molecule has 0 fully saturated rings. The van der Waals surface area contributed by atoms with E-state index in [9.17, 15) is 18.0 Å². The zero-order valence-electron chi connectivity index (χ0n) is 10.5. The molecule has 0 spiro atoms. The monoisotopic (exact) mass is 282 g/mol. The zero-order chi connectivity index (χ0) is 14.3. The molecule has 2 N–H and O–H groups in total. The molecule has 0 aromatic heterocycles. The van der Waals surface area contributed by atoms with E-state index in [1.807, 2.05) is 0 Å². The second kappa shape index (κ2) is 7.17. The van der Waals surface area contributed by atoms with Gasteiger partial charge >= 0.3 is 22.3 Å². The van der Waals surface area contributed by atoms with Crippen molar-refractivity contribution >= 4 is 22.3 Å². The minimum atomic E-state index is -4.22. The van der Waals surface area contributed by atoms with Crippen LogP contribution in [0, 0.1) is 0 Å². The molecule has 0 saturated carbocycles. The van der Waals surface area contributed by atoms with Gasteiger partial charge in [-0.2, -0.15) is 12.7 Å². The number of amides is 1. The lowest BCUT2D eigenvalue weighted by Gasteiger charge is -2.25. The number of hydrogen-bond acceptors (Lipinski definition) is 5. The van der Waals surface area contributed by atoms with E-state index in [1.54, 1.807) is 18.6 Å². The first kappa shape index (κ1) is 16.6. The predicted octanol–water partition coefficient (Wildman–Crippen LogP) is 0.162. The van der Waals surface area contributed by atoms with Crippen molar-refractivity contribution in [2.45, 2.75) is 33.2 Å². The number of ether oxygens (including phenoxy) is 1. The number of nitrogens with one attached hydrogen (secondary N) is 1. The Hall–Kier alpha value is -1.35. The van der Waals surface area contributed by atoms with E-state index in [1.165, 1.54) is 6.92 Å². The van der Waals surface area contributed by atoms with Crippen molar-refractivity contribution in [3.05, 3.63) is 0 Å². The molecule has 0 bridgehead atoms. The third-order valence-corrected chi connectivity index (χ3v) is 3.70. The Morgan fingerprint density at radius 1 is 1.39 bits per heavy atom. The molecule has 8 nitrogen and oxygen atoms in total. The minimum Gasteiger partial charge on any atom is -0.480 e. The molecule has 0 aliphatic carbocycles. The Labute approximate surface area is 106 Å². The minimum absolute atomic E-state index is 0.0175. The molecule has 0 saturated heterocycles. The molecular weight excluding hydrogens is 264 g/mol.